The maximum Gasteiger partial charge on any atom is 0.123 e. The fraction of sp³-hybridized carbons (Fsp3) is 0.529. The SMILES string of the molecule is C=CCCc1ccc(OCCC)c(C(C)(C)C)c1. The molecule has 0 fully saturated rings. The highest BCUT2D eigenvalue weighted by Crippen LogP contribution is 2.32. The third kappa shape index (κ3) is 4.21. The van der Waals surface area contributed by atoms with Crippen molar-refractivity contribution in [1.29, 1.82) is 0 Å². The van der Waals surface area contributed by atoms with E-state index in [0.717, 1.165) is 31.6 Å². The molecule has 0 aliphatic heterocycles. The summed E-state index contributed by atoms with van der Waals surface area (Å²) in [6.45, 7) is 13.4. The standard InChI is InChI=1S/C17H26O/c1-6-8-9-14-10-11-16(18-12-7-2)15(13-14)17(3,4)5/h6,10-11,13H,1,7-9,12H2,2-5H3. The highest BCUT2D eigenvalue weighted by atomic mass is 16.5. The van der Waals surface area contributed by atoms with Crippen molar-refractivity contribution >= 4 is 0 Å². The minimum absolute atomic E-state index is 0.118. The van der Waals surface area contributed by atoms with E-state index in [1.54, 1.807) is 0 Å². The van der Waals surface area contributed by atoms with E-state index < -0.39 is 0 Å². The van der Waals surface area contributed by atoms with Crippen LogP contribution in [-0.4, -0.2) is 6.61 Å². The molecule has 0 N–H and O–H groups in total. The van der Waals surface area contributed by atoms with Crippen LogP contribution in [0.4, 0.5) is 0 Å². The summed E-state index contributed by atoms with van der Waals surface area (Å²) in [5, 5.41) is 0. The average Bonchev–Trinajstić information content (AvgIpc) is 2.33. The molecule has 0 spiro atoms. The minimum atomic E-state index is 0.118. The van der Waals surface area contributed by atoms with Gasteiger partial charge in [-0.3, -0.25) is 0 Å². The Morgan fingerprint density at radius 1 is 1.28 bits per heavy atom. The summed E-state index contributed by atoms with van der Waals surface area (Å²) in [5.41, 5.74) is 2.79. The summed E-state index contributed by atoms with van der Waals surface area (Å²) < 4.78 is 5.85. The Bertz CT molecular complexity index is 385. The Morgan fingerprint density at radius 2 is 2.00 bits per heavy atom. The Labute approximate surface area is 112 Å². The van der Waals surface area contributed by atoms with E-state index in [0.29, 0.717) is 0 Å². The number of ether oxygens (including phenoxy) is 1. The highest BCUT2D eigenvalue weighted by Gasteiger charge is 2.19. The first kappa shape index (κ1) is 14.8. The summed E-state index contributed by atoms with van der Waals surface area (Å²) in [5.74, 6) is 1.03. The summed E-state index contributed by atoms with van der Waals surface area (Å²) in [7, 11) is 0. The van der Waals surface area contributed by atoms with Crippen LogP contribution in [0.15, 0.2) is 30.9 Å². The Hall–Kier alpha value is -1.24. The van der Waals surface area contributed by atoms with Crippen molar-refractivity contribution in [3.05, 3.63) is 42.0 Å². The second-order valence-corrected chi connectivity index (χ2v) is 5.76. The summed E-state index contributed by atoms with van der Waals surface area (Å²) >= 11 is 0. The molecule has 0 saturated carbocycles. The quantitative estimate of drug-likeness (QED) is 0.649. The lowest BCUT2D eigenvalue weighted by molar-refractivity contribution is 0.308. The molecular formula is C17H26O. The maximum absolute atomic E-state index is 5.85. The van der Waals surface area contributed by atoms with Gasteiger partial charge in [0.25, 0.3) is 0 Å². The molecule has 0 heterocycles. The van der Waals surface area contributed by atoms with Crippen molar-refractivity contribution in [2.24, 2.45) is 0 Å². The van der Waals surface area contributed by atoms with Crippen LogP contribution in [0.1, 0.15) is 51.7 Å². The van der Waals surface area contributed by atoms with Crippen molar-refractivity contribution in [3.8, 4) is 5.75 Å². The van der Waals surface area contributed by atoms with Gasteiger partial charge in [-0.25, -0.2) is 0 Å². The van der Waals surface area contributed by atoms with Crippen molar-refractivity contribution in [2.75, 3.05) is 6.61 Å². The molecule has 0 amide bonds. The lowest BCUT2D eigenvalue weighted by Gasteiger charge is -2.23. The Balaban J connectivity index is 3.00. The molecule has 1 heteroatoms. The number of rotatable bonds is 6. The van der Waals surface area contributed by atoms with Gasteiger partial charge in [0.05, 0.1) is 6.61 Å². The zero-order valence-electron chi connectivity index (χ0n) is 12.3. The normalized spacial score (nSPS) is 11.3. The topological polar surface area (TPSA) is 9.23 Å². The van der Waals surface area contributed by atoms with Gasteiger partial charge in [0.2, 0.25) is 0 Å². The maximum atomic E-state index is 5.85. The van der Waals surface area contributed by atoms with Gasteiger partial charge in [-0.2, -0.15) is 0 Å². The predicted molar refractivity (Wildman–Crippen MR) is 79.4 cm³/mol. The van der Waals surface area contributed by atoms with Crippen LogP contribution in [0, 0.1) is 0 Å². The van der Waals surface area contributed by atoms with Gasteiger partial charge < -0.3 is 4.74 Å². The van der Waals surface area contributed by atoms with Crippen LogP contribution >= 0.6 is 0 Å². The average molecular weight is 246 g/mol. The van der Waals surface area contributed by atoms with Crippen molar-refractivity contribution in [3.63, 3.8) is 0 Å². The zero-order chi connectivity index (χ0) is 13.6. The van der Waals surface area contributed by atoms with Crippen LogP contribution in [-0.2, 0) is 11.8 Å². The second kappa shape index (κ2) is 6.63. The number of hydrogen-bond acceptors (Lipinski definition) is 1. The highest BCUT2D eigenvalue weighted by molar-refractivity contribution is 5.41. The van der Waals surface area contributed by atoms with Crippen molar-refractivity contribution in [1.82, 2.24) is 0 Å². The molecule has 1 nitrogen and oxygen atoms in total. The van der Waals surface area contributed by atoms with Gasteiger partial charge in [-0.1, -0.05) is 45.9 Å². The van der Waals surface area contributed by atoms with Crippen LogP contribution in [0.2, 0.25) is 0 Å². The molecule has 18 heavy (non-hydrogen) atoms. The lowest BCUT2D eigenvalue weighted by atomic mass is 9.85. The predicted octanol–water partition coefficient (Wildman–Crippen LogP) is 4.89. The molecule has 0 atom stereocenters. The van der Waals surface area contributed by atoms with E-state index in [4.69, 9.17) is 4.74 Å². The van der Waals surface area contributed by atoms with Gasteiger partial charge >= 0.3 is 0 Å². The molecule has 0 unspecified atom stereocenters. The first-order chi connectivity index (χ1) is 8.49. The van der Waals surface area contributed by atoms with Crippen LogP contribution in [0.5, 0.6) is 5.75 Å². The first-order valence-corrected chi connectivity index (χ1v) is 6.86. The lowest BCUT2D eigenvalue weighted by Crippen LogP contribution is -2.14. The molecule has 1 aromatic carbocycles. The third-order valence-corrected chi connectivity index (χ3v) is 2.95. The summed E-state index contributed by atoms with van der Waals surface area (Å²) in [6, 6.07) is 6.58. The zero-order valence-corrected chi connectivity index (χ0v) is 12.3. The molecule has 1 rings (SSSR count). The van der Waals surface area contributed by atoms with E-state index >= 15 is 0 Å². The van der Waals surface area contributed by atoms with Crippen LogP contribution in [0.3, 0.4) is 0 Å². The van der Waals surface area contributed by atoms with E-state index in [1.165, 1.54) is 11.1 Å². The summed E-state index contributed by atoms with van der Waals surface area (Å²) in [4.78, 5) is 0. The molecule has 0 radical (unpaired) electrons. The molecule has 0 saturated heterocycles. The number of allylic oxidation sites excluding steroid dienone is 1. The minimum Gasteiger partial charge on any atom is -0.493 e. The van der Waals surface area contributed by atoms with E-state index in [9.17, 15) is 0 Å². The van der Waals surface area contributed by atoms with Gasteiger partial charge in [-0.05, 0) is 41.9 Å². The Morgan fingerprint density at radius 3 is 2.56 bits per heavy atom. The fourth-order valence-electron chi connectivity index (χ4n) is 1.93. The second-order valence-electron chi connectivity index (χ2n) is 5.76. The fourth-order valence-corrected chi connectivity index (χ4v) is 1.93. The monoisotopic (exact) mass is 246 g/mol. The van der Waals surface area contributed by atoms with Crippen molar-refractivity contribution < 1.29 is 4.74 Å². The van der Waals surface area contributed by atoms with Gasteiger partial charge in [-0.15, -0.1) is 6.58 Å². The Kier molecular flexibility index (Phi) is 5.46. The largest absolute Gasteiger partial charge is 0.493 e. The van der Waals surface area contributed by atoms with Gasteiger partial charge in [0.1, 0.15) is 5.75 Å². The smallest absolute Gasteiger partial charge is 0.123 e. The van der Waals surface area contributed by atoms with Crippen LogP contribution in [0.25, 0.3) is 0 Å². The first-order valence-electron chi connectivity index (χ1n) is 6.86. The van der Waals surface area contributed by atoms with Gasteiger partial charge in [0, 0.05) is 0 Å². The van der Waals surface area contributed by atoms with E-state index in [1.807, 2.05) is 6.08 Å². The molecule has 0 aliphatic carbocycles. The molecule has 1 aromatic rings. The third-order valence-electron chi connectivity index (χ3n) is 2.95. The van der Waals surface area contributed by atoms with Crippen molar-refractivity contribution in [2.45, 2.75) is 52.4 Å². The van der Waals surface area contributed by atoms with Crippen LogP contribution < -0.4 is 4.74 Å². The number of benzene rings is 1. The molecule has 0 aromatic heterocycles. The van der Waals surface area contributed by atoms with E-state index in [-0.39, 0.29) is 5.41 Å². The number of hydrogen-bond donors (Lipinski definition) is 0. The molecule has 0 bridgehead atoms. The molecule has 100 valence electrons. The molecule has 0 aliphatic rings. The van der Waals surface area contributed by atoms with Gasteiger partial charge in [0.15, 0.2) is 0 Å². The number of aryl methyl sites for hydroxylation is 1. The van der Waals surface area contributed by atoms with E-state index in [2.05, 4.69) is 52.5 Å². The summed E-state index contributed by atoms with van der Waals surface area (Å²) in [6.07, 6.45) is 5.10. The molecular weight excluding hydrogens is 220 g/mol.